The van der Waals surface area contributed by atoms with Gasteiger partial charge in [-0.25, -0.2) is 8.42 Å². The molecule has 0 aromatic heterocycles. The maximum Gasteiger partial charge on any atom is 1.00 e. The van der Waals surface area contributed by atoms with E-state index in [4.69, 9.17) is 0 Å². The summed E-state index contributed by atoms with van der Waals surface area (Å²) >= 11 is 0. The van der Waals surface area contributed by atoms with Gasteiger partial charge in [-0.2, -0.15) is 0 Å². The van der Waals surface area contributed by atoms with E-state index in [0.717, 1.165) is 10.6 Å². The van der Waals surface area contributed by atoms with Gasteiger partial charge in [-0.3, -0.25) is 0 Å². The van der Waals surface area contributed by atoms with Gasteiger partial charge in [-0.1, -0.05) is 78.9 Å². The molecule has 0 aliphatic rings. The Morgan fingerprint density at radius 2 is 1.04 bits per heavy atom. The van der Waals surface area contributed by atoms with Gasteiger partial charge < -0.3 is 15.5 Å². The molecule has 0 unspecified atom stereocenters. The van der Waals surface area contributed by atoms with E-state index in [9.17, 15) is 13.0 Å². The van der Waals surface area contributed by atoms with Crippen molar-refractivity contribution in [3.8, 4) is 0 Å². The third-order valence-electron chi connectivity index (χ3n) is 3.40. The number of hydrogen-bond acceptors (Lipinski definition) is 3. The molecule has 0 aliphatic heterocycles. The summed E-state index contributed by atoms with van der Waals surface area (Å²) in [7, 11) is -5.64. The molecule has 0 radical (unpaired) electrons. The van der Waals surface area contributed by atoms with E-state index in [1.807, 2.05) is 60.7 Å². The van der Waals surface area contributed by atoms with Crippen molar-refractivity contribution in [1.82, 2.24) is 0 Å². The van der Waals surface area contributed by atoms with E-state index in [0.29, 0.717) is 5.30 Å². The van der Waals surface area contributed by atoms with E-state index in [1.54, 1.807) is 18.2 Å². The molecular weight excluding hydrogens is 382 g/mol. The fourth-order valence-electron chi connectivity index (χ4n) is 2.43. The van der Waals surface area contributed by atoms with E-state index >= 15 is 0 Å². The molecule has 0 atom stereocenters. The first-order valence-electron chi connectivity index (χ1n) is 7.02. The molecule has 0 fully saturated rings. The van der Waals surface area contributed by atoms with Crippen LogP contribution in [0, 0.1) is 0 Å². The molecule has 0 bridgehead atoms. The second-order valence-corrected chi connectivity index (χ2v) is 8.46. The van der Waals surface area contributed by atoms with Gasteiger partial charge >= 0.3 is 29.6 Å². The van der Waals surface area contributed by atoms with Crippen molar-refractivity contribution >= 4 is 34.0 Å². The average Bonchev–Trinajstić information content (AvgIpc) is 2.57. The molecule has 8 heteroatoms. The Bertz CT molecular complexity index is 866. The monoisotopic (exact) mass is 400 g/mol. The summed E-state index contributed by atoms with van der Waals surface area (Å²) in [5.74, 6) is 0. The fraction of sp³-hybridized carbons (Fsp3) is 0. The van der Waals surface area contributed by atoms with Crippen LogP contribution in [0.5, 0.6) is 0 Å². The summed E-state index contributed by atoms with van der Waals surface area (Å²) in [6, 6.07) is 25.8. The number of hydrogen-bond donors (Lipinski definition) is 0. The van der Waals surface area contributed by atoms with Crippen molar-refractivity contribution in [1.29, 1.82) is 0 Å². The van der Waals surface area contributed by atoms with Gasteiger partial charge in [-0.05, 0) is 24.6 Å². The Hall–Kier alpha value is -1.08. The first kappa shape index (κ1) is 24.9. The van der Waals surface area contributed by atoms with Gasteiger partial charge in [0.2, 0.25) is 0 Å². The van der Waals surface area contributed by atoms with Gasteiger partial charge in [0.05, 0.1) is 4.90 Å². The summed E-state index contributed by atoms with van der Waals surface area (Å²) in [6.45, 7) is 0. The summed E-state index contributed by atoms with van der Waals surface area (Å²) < 4.78 is 35.0. The standard InChI is InChI=1S/C18H15O3PS.Na.2H2O/c19-23(20,21)18-14-8-7-13-17(18)22(15-9-3-1-4-10-15)16-11-5-2-6-12-16;;;/h1-14H,(H,19,20,21);;2*1H2/q;+1;;/p-1. The fourth-order valence-corrected chi connectivity index (χ4v) is 5.94. The van der Waals surface area contributed by atoms with E-state index < -0.39 is 18.0 Å². The van der Waals surface area contributed by atoms with Crippen molar-refractivity contribution in [2.24, 2.45) is 0 Å². The summed E-state index contributed by atoms with van der Waals surface area (Å²) in [4.78, 5) is -0.140. The van der Waals surface area contributed by atoms with Gasteiger partial charge in [-0.15, -0.1) is 0 Å². The van der Waals surface area contributed by atoms with Crippen LogP contribution in [-0.2, 0) is 10.1 Å². The Morgan fingerprint density at radius 1 is 0.654 bits per heavy atom. The molecule has 3 aromatic carbocycles. The maximum absolute atomic E-state index is 11.7. The molecule has 0 heterocycles. The van der Waals surface area contributed by atoms with Crippen molar-refractivity contribution in [2.75, 3.05) is 0 Å². The zero-order valence-corrected chi connectivity index (χ0v) is 17.9. The van der Waals surface area contributed by atoms with Gasteiger partial charge in [0.25, 0.3) is 0 Å². The Kier molecular flexibility index (Phi) is 10.5. The molecule has 3 rings (SSSR count). The quantitative estimate of drug-likeness (QED) is 0.278. The maximum atomic E-state index is 11.7. The normalized spacial score (nSPS) is 10.2. The molecule has 132 valence electrons. The van der Waals surface area contributed by atoms with Crippen LogP contribution in [0.3, 0.4) is 0 Å². The van der Waals surface area contributed by atoms with Crippen molar-refractivity contribution < 1.29 is 53.5 Å². The van der Waals surface area contributed by atoms with E-state index in [2.05, 4.69) is 0 Å². The second kappa shape index (κ2) is 10.9. The van der Waals surface area contributed by atoms with Crippen LogP contribution < -0.4 is 45.5 Å². The van der Waals surface area contributed by atoms with Crippen LogP contribution in [0.15, 0.2) is 89.8 Å². The van der Waals surface area contributed by atoms with Crippen LogP contribution >= 0.6 is 7.92 Å². The van der Waals surface area contributed by atoms with Gasteiger partial charge in [0.1, 0.15) is 10.1 Å². The Morgan fingerprint density at radius 3 is 1.46 bits per heavy atom. The third-order valence-corrected chi connectivity index (χ3v) is 6.95. The molecular formula is C18H18NaO5PS. The molecule has 5 nitrogen and oxygen atoms in total. The Balaban J connectivity index is 0.00000208. The molecule has 4 N–H and O–H groups in total. The van der Waals surface area contributed by atoms with E-state index in [1.165, 1.54) is 6.07 Å². The SMILES string of the molecule is O.O.O=S(=O)([O-])c1ccccc1P(c1ccccc1)c1ccccc1.[Na+]. The summed E-state index contributed by atoms with van der Waals surface area (Å²) in [5, 5.41) is 2.57. The average molecular weight is 400 g/mol. The first-order valence-corrected chi connectivity index (χ1v) is 9.77. The van der Waals surface area contributed by atoms with E-state index in [-0.39, 0.29) is 45.4 Å². The zero-order chi connectivity index (χ0) is 16.3. The summed E-state index contributed by atoms with van der Waals surface area (Å²) in [5.41, 5.74) is 0. The minimum Gasteiger partial charge on any atom is -0.744 e. The van der Waals surface area contributed by atoms with Crippen LogP contribution in [0.2, 0.25) is 0 Å². The molecule has 3 aromatic rings. The molecule has 0 amide bonds. The number of rotatable bonds is 4. The minimum absolute atomic E-state index is 0. The molecule has 0 saturated carbocycles. The third kappa shape index (κ3) is 5.71. The van der Waals surface area contributed by atoms with Crippen LogP contribution in [0.1, 0.15) is 0 Å². The predicted molar refractivity (Wildman–Crippen MR) is 100 cm³/mol. The van der Waals surface area contributed by atoms with Crippen LogP contribution in [-0.4, -0.2) is 23.9 Å². The molecule has 0 saturated heterocycles. The second-order valence-electron chi connectivity index (χ2n) is 4.93. The van der Waals surface area contributed by atoms with Crippen molar-refractivity contribution in [3.63, 3.8) is 0 Å². The molecule has 26 heavy (non-hydrogen) atoms. The summed E-state index contributed by atoms with van der Waals surface area (Å²) in [6.07, 6.45) is 0. The topological polar surface area (TPSA) is 120 Å². The van der Waals surface area contributed by atoms with Crippen LogP contribution in [0.4, 0.5) is 0 Å². The predicted octanol–water partition coefficient (Wildman–Crippen LogP) is -2.30. The smallest absolute Gasteiger partial charge is 0.744 e. The number of benzene rings is 3. The minimum atomic E-state index is -4.53. The van der Waals surface area contributed by atoms with Gasteiger partial charge in [0, 0.05) is 5.30 Å². The van der Waals surface area contributed by atoms with Crippen molar-refractivity contribution in [3.05, 3.63) is 84.9 Å². The largest absolute Gasteiger partial charge is 1.00 e. The van der Waals surface area contributed by atoms with Crippen LogP contribution in [0.25, 0.3) is 0 Å². The molecule has 0 aliphatic carbocycles. The first-order chi connectivity index (χ1) is 11.1. The zero-order valence-electron chi connectivity index (χ0n) is 14.2. The molecule has 0 spiro atoms. The van der Waals surface area contributed by atoms with Crippen molar-refractivity contribution in [2.45, 2.75) is 4.90 Å². The van der Waals surface area contributed by atoms with Gasteiger partial charge in [0.15, 0.2) is 0 Å². The Labute approximate surface area is 176 Å².